The second-order valence-electron chi connectivity index (χ2n) is 9.08. The molecule has 9 heteroatoms. The fourth-order valence-corrected chi connectivity index (χ4v) is 2.43. The Bertz CT molecular complexity index is 972. The van der Waals surface area contributed by atoms with E-state index >= 15 is 0 Å². The number of carbonyl (C=O) groups excluding carboxylic acids is 3. The Morgan fingerprint density at radius 3 is 1.67 bits per heavy atom. The van der Waals surface area contributed by atoms with Crippen LogP contribution in [0.2, 0.25) is 0 Å². The summed E-state index contributed by atoms with van der Waals surface area (Å²) in [5, 5.41) is 7.60. The van der Waals surface area contributed by atoms with E-state index in [1.165, 1.54) is 0 Å². The van der Waals surface area contributed by atoms with Crippen LogP contribution in [0.5, 0.6) is 0 Å². The molecule has 0 heterocycles. The van der Waals surface area contributed by atoms with Crippen molar-refractivity contribution in [2.45, 2.75) is 52.7 Å². The average molecular weight is 455 g/mol. The van der Waals surface area contributed by atoms with Crippen molar-refractivity contribution >= 4 is 35.4 Å². The summed E-state index contributed by atoms with van der Waals surface area (Å²) in [6.07, 6.45) is -1.59. The Kier molecular flexibility index (Phi) is 8.17. The predicted octanol–water partition coefficient (Wildman–Crippen LogP) is 4.98. The van der Waals surface area contributed by atoms with E-state index in [4.69, 9.17) is 9.47 Å². The maximum atomic E-state index is 12.4. The minimum absolute atomic E-state index is 0.181. The first-order valence-electron chi connectivity index (χ1n) is 10.4. The van der Waals surface area contributed by atoms with Gasteiger partial charge in [-0.1, -0.05) is 18.2 Å². The molecule has 33 heavy (non-hydrogen) atoms. The van der Waals surface area contributed by atoms with E-state index in [-0.39, 0.29) is 11.9 Å². The molecule has 0 atom stereocenters. The summed E-state index contributed by atoms with van der Waals surface area (Å²) in [7, 11) is 0. The Hall–Kier alpha value is -3.88. The number of anilines is 1. The molecule has 0 saturated carbocycles. The zero-order valence-electron chi connectivity index (χ0n) is 19.7. The van der Waals surface area contributed by atoms with Crippen molar-refractivity contribution in [1.29, 1.82) is 0 Å². The number of guanidine groups is 1. The number of alkyl carbamates (subject to hydrolysis) is 2. The molecular formula is C24H30N4O5. The quantitative estimate of drug-likeness (QED) is 0.447. The van der Waals surface area contributed by atoms with E-state index in [1.807, 2.05) is 18.2 Å². The number of aliphatic imine (C=N–C) groups is 1. The molecule has 176 valence electrons. The molecule has 2 rings (SSSR count). The van der Waals surface area contributed by atoms with Gasteiger partial charge in [0.1, 0.15) is 11.2 Å². The normalized spacial score (nSPS) is 11.1. The molecule has 0 bridgehead atoms. The lowest BCUT2D eigenvalue weighted by Crippen LogP contribution is -2.47. The molecule has 0 aromatic heterocycles. The first kappa shape index (κ1) is 25.4. The standard InChI is InChI=1S/C24H30N4O5/c1-23(2,3)32-21(30)27-20(28-22(31)33-24(4,5)6)26-18-14-12-16(13-15-18)19(29)25-17-10-8-7-9-11-17/h7-15H,1-6H3,(H,25,29)(H2,26,27,28,30,31). The summed E-state index contributed by atoms with van der Waals surface area (Å²) < 4.78 is 10.4. The van der Waals surface area contributed by atoms with Gasteiger partial charge in [-0.3, -0.25) is 15.4 Å². The van der Waals surface area contributed by atoms with Gasteiger partial charge >= 0.3 is 12.2 Å². The van der Waals surface area contributed by atoms with Gasteiger partial charge < -0.3 is 14.8 Å². The van der Waals surface area contributed by atoms with Crippen molar-refractivity contribution in [3.63, 3.8) is 0 Å². The van der Waals surface area contributed by atoms with Gasteiger partial charge in [-0.2, -0.15) is 0 Å². The summed E-state index contributed by atoms with van der Waals surface area (Å²) in [5.74, 6) is -0.462. The Balaban J connectivity index is 2.17. The van der Waals surface area contributed by atoms with Gasteiger partial charge in [-0.25, -0.2) is 14.6 Å². The van der Waals surface area contributed by atoms with Crippen LogP contribution in [0.4, 0.5) is 21.0 Å². The van der Waals surface area contributed by atoms with Gasteiger partial charge in [0.2, 0.25) is 5.96 Å². The van der Waals surface area contributed by atoms with Crippen LogP contribution in [-0.2, 0) is 9.47 Å². The van der Waals surface area contributed by atoms with Crippen LogP contribution < -0.4 is 16.0 Å². The minimum atomic E-state index is -0.795. The number of benzene rings is 2. The van der Waals surface area contributed by atoms with Gasteiger partial charge in [-0.05, 0) is 77.9 Å². The van der Waals surface area contributed by atoms with Crippen LogP contribution in [0.25, 0.3) is 0 Å². The second-order valence-corrected chi connectivity index (χ2v) is 9.08. The summed E-state index contributed by atoms with van der Waals surface area (Å²) in [6.45, 7) is 10.3. The van der Waals surface area contributed by atoms with Crippen LogP contribution in [0.1, 0.15) is 51.9 Å². The molecule has 3 N–H and O–H groups in total. The van der Waals surface area contributed by atoms with Crippen molar-refractivity contribution in [2.75, 3.05) is 5.32 Å². The molecule has 0 unspecified atom stereocenters. The van der Waals surface area contributed by atoms with Gasteiger partial charge in [0, 0.05) is 11.3 Å². The Morgan fingerprint density at radius 1 is 0.727 bits per heavy atom. The van der Waals surface area contributed by atoms with Crippen LogP contribution in [-0.4, -0.2) is 35.3 Å². The monoisotopic (exact) mass is 454 g/mol. The number of rotatable bonds is 3. The van der Waals surface area contributed by atoms with E-state index in [1.54, 1.807) is 77.9 Å². The Labute approximate surface area is 193 Å². The lowest BCUT2D eigenvalue weighted by Gasteiger charge is -2.22. The highest BCUT2D eigenvalue weighted by Crippen LogP contribution is 2.15. The molecule has 2 aromatic rings. The predicted molar refractivity (Wildman–Crippen MR) is 127 cm³/mol. The zero-order chi connectivity index (χ0) is 24.6. The van der Waals surface area contributed by atoms with E-state index in [0.717, 1.165) is 0 Å². The molecule has 9 nitrogen and oxygen atoms in total. The van der Waals surface area contributed by atoms with Gasteiger partial charge in [-0.15, -0.1) is 0 Å². The van der Waals surface area contributed by atoms with Gasteiger partial charge in [0.05, 0.1) is 5.69 Å². The SMILES string of the molecule is CC(C)(C)OC(=O)NC(=Nc1ccc(C(=O)Nc2ccccc2)cc1)NC(=O)OC(C)(C)C. The second kappa shape index (κ2) is 10.6. The largest absolute Gasteiger partial charge is 0.444 e. The highest BCUT2D eigenvalue weighted by atomic mass is 16.6. The number of para-hydroxylation sites is 1. The number of hydrogen-bond donors (Lipinski definition) is 3. The Morgan fingerprint density at radius 2 is 1.21 bits per heavy atom. The minimum Gasteiger partial charge on any atom is -0.444 e. The van der Waals surface area contributed by atoms with Crippen molar-refractivity contribution in [1.82, 2.24) is 10.6 Å². The summed E-state index contributed by atoms with van der Waals surface area (Å²) >= 11 is 0. The zero-order valence-corrected chi connectivity index (χ0v) is 19.7. The molecule has 0 saturated heterocycles. The van der Waals surface area contributed by atoms with Crippen LogP contribution >= 0.6 is 0 Å². The van der Waals surface area contributed by atoms with Crippen LogP contribution in [0, 0.1) is 0 Å². The molecule has 0 fully saturated rings. The number of nitrogens with zero attached hydrogens (tertiary/aromatic N) is 1. The molecular weight excluding hydrogens is 424 g/mol. The molecule has 0 spiro atoms. The van der Waals surface area contributed by atoms with Crippen molar-refractivity contribution < 1.29 is 23.9 Å². The number of amides is 3. The van der Waals surface area contributed by atoms with Gasteiger partial charge in [0.15, 0.2) is 0 Å². The fourth-order valence-electron chi connectivity index (χ4n) is 2.43. The molecule has 0 aliphatic rings. The van der Waals surface area contributed by atoms with E-state index < -0.39 is 23.4 Å². The summed E-state index contributed by atoms with van der Waals surface area (Å²) in [6, 6.07) is 15.4. The highest BCUT2D eigenvalue weighted by molar-refractivity contribution is 6.05. The molecule has 0 aliphatic carbocycles. The fraction of sp³-hybridized carbons (Fsp3) is 0.333. The molecule has 3 amide bonds. The molecule has 0 aliphatic heterocycles. The third-order valence-electron chi connectivity index (χ3n) is 3.64. The third kappa shape index (κ3) is 9.86. The lowest BCUT2D eigenvalue weighted by molar-refractivity contribution is 0.0545. The molecule has 2 aromatic carbocycles. The molecule has 0 radical (unpaired) electrons. The van der Waals surface area contributed by atoms with Crippen LogP contribution in [0.15, 0.2) is 59.6 Å². The summed E-state index contributed by atoms with van der Waals surface area (Å²) in [4.78, 5) is 41.0. The van der Waals surface area contributed by atoms with Crippen molar-refractivity contribution in [3.8, 4) is 0 Å². The van der Waals surface area contributed by atoms with E-state index in [2.05, 4.69) is 20.9 Å². The van der Waals surface area contributed by atoms with E-state index in [0.29, 0.717) is 16.9 Å². The van der Waals surface area contributed by atoms with E-state index in [9.17, 15) is 14.4 Å². The van der Waals surface area contributed by atoms with Crippen LogP contribution in [0.3, 0.4) is 0 Å². The first-order chi connectivity index (χ1) is 15.3. The first-order valence-corrected chi connectivity index (χ1v) is 10.4. The number of nitrogens with one attached hydrogen (secondary N) is 3. The summed E-state index contributed by atoms with van der Waals surface area (Å²) in [5.41, 5.74) is -0.00745. The maximum absolute atomic E-state index is 12.4. The van der Waals surface area contributed by atoms with Crippen molar-refractivity contribution in [2.24, 2.45) is 4.99 Å². The number of hydrogen-bond acceptors (Lipinski definition) is 6. The average Bonchev–Trinajstić information content (AvgIpc) is 2.66. The lowest BCUT2D eigenvalue weighted by atomic mass is 10.2. The number of carbonyl (C=O) groups is 3. The van der Waals surface area contributed by atoms with Crippen molar-refractivity contribution in [3.05, 3.63) is 60.2 Å². The highest BCUT2D eigenvalue weighted by Gasteiger charge is 2.21. The topological polar surface area (TPSA) is 118 Å². The smallest absolute Gasteiger partial charge is 0.414 e. The third-order valence-corrected chi connectivity index (χ3v) is 3.64. The number of ether oxygens (including phenoxy) is 2. The maximum Gasteiger partial charge on any atom is 0.414 e. The van der Waals surface area contributed by atoms with Gasteiger partial charge in [0.25, 0.3) is 5.91 Å².